The van der Waals surface area contributed by atoms with Crippen LogP contribution < -0.4 is 10.2 Å². The number of morpholine rings is 1. The second-order valence-corrected chi connectivity index (χ2v) is 5.31. The molecule has 6 nitrogen and oxygen atoms in total. The van der Waals surface area contributed by atoms with E-state index in [0.717, 1.165) is 50.5 Å². The highest BCUT2D eigenvalue weighted by atomic mass is 16.5. The number of amides is 1. The van der Waals surface area contributed by atoms with Gasteiger partial charge in [-0.1, -0.05) is 6.07 Å². The minimum Gasteiger partial charge on any atom is -0.378 e. The number of carbonyl (C=O) groups is 1. The Morgan fingerprint density at radius 2 is 2.24 bits per heavy atom. The van der Waals surface area contributed by atoms with E-state index in [9.17, 15) is 4.79 Å². The second kappa shape index (κ2) is 6.87. The van der Waals surface area contributed by atoms with Crippen LogP contribution in [0.1, 0.15) is 18.4 Å². The summed E-state index contributed by atoms with van der Waals surface area (Å²) in [7, 11) is 0. The molecule has 1 amide bonds. The third kappa shape index (κ3) is 3.51. The fraction of sp³-hybridized carbons (Fsp3) is 0.600. The van der Waals surface area contributed by atoms with Gasteiger partial charge in [-0.3, -0.25) is 4.79 Å². The van der Waals surface area contributed by atoms with Crippen molar-refractivity contribution in [2.24, 2.45) is 0 Å². The zero-order valence-electron chi connectivity index (χ0n) is 12.1. The number of nitrogens with zero attached hydrogens (tertiary/aromatic N) is 2. The molecule has 3 heterocycles. The van der Waals surface area contributed by atoms with Crippen LogP contribution in [0, 0.1) is 0 Å². The molecule has 3 rings (SSSR count). The fourth-order valence-corrected chi connectivity index (χ4v) is 2.71. The molecule has 2 fully saturated rings. The van der Waals surface area contributed by atoms with E-state index < -0.39 is 0 Å². The van der Waals surface area contributed by atoms with Crippen molar-refractivity contribution in [1.82, 2.24) is 10.3 Å². The lowest BCUT2D eigenvalue weighted by Crippen LogP contribution is -2.38. The summed E-state index contributed by atoms with van der Waals surface area (Å²) in [5.41, 5.74) is 1.03. The summed E-state index contributed by atoms with van der Waals surface area (Å²) < 4.78 is 10.8. The molecule has 2 saturated heterocycles. The summed E-state index contributed by atoms with van der Waals surface area (Å²) in [4.78, 5) is 18.7. The van der Waals surface area contributed by atoms with E-state index in [1.165, 1.54) is 0 Å². The van der Waals surface area contributed by atoms with Crippen LogP contribution in [0.15, 0.2) is 18.3 Å². The second-order valence-electron chi connectivity index (χ2n) is 5.31. The normalized spacial score (nSPS) is 22.3. The highest BCUT2D eigenvalue weighted by molar-refractivity contribution is 5.81. The monoisotopic (exact) mass is 291 g/mol. The molecule has 21 heavy (non-hydrogen) atoms. The molecule has 0 spiro atoms. The topological polar surface area (TPSA) is 63.7 Å². The number of nitrogens with one attached hydrogen (secondary N) is 1. The number of aromatic nitrogens is 1. The highest BCUT2D eigenvalue weighted by Crippen LogP contribution is 2.19. The predicted octanol–water partition coefficient (Wildman–Crippen LogP) is 0.713. The summed E-state index contributed by atoms with van der Waals surface area (Å²) in [5.74, 6) is 0.915. The molecule has 2 aliphatic heterocycles. The van der Waals surface area contributed by atoms with Gasteiger partial charge in [0.1, 0.15) is 11.9 Å². The predicted molar refractivity (Wildman–Crippen MR) is 78.1 cm³/mol. The van der Waals surface area contributed by atoms with Gasteiger partial charge in [0.05, 0.1) is 13.2 Å². The molecule has 0 unspecified atom stereocenters. The standard InChI is InChI=1S/C15H21N3O3/c19-15(13-4-2-8-21-13)17-11-12-3-1-5-16-14(12)18-6-9-20-10-7-18/h1,3,5,13H,2,4,6-11H2,(H,17,19)/t13-/m1/s1. The molecular weight excluding hydrogens is 270 g/mol. The third-order valence-electron chi connectivity index (χ3n) is 3.85. The summed E-state index contributed by atoms with van der Waals surface area (Å²) >= 11 is 0. The Morgan fingerprint density at radius 3 is 3.00 bits per heavy atom. The molecule has 114 valence electrons. The molecule has 1 N–H and O–H groups in total. The average molecular weight is 291 g/mol. The van der Waals surface area contributed by atoms with E-state index in [2.05, 4.69) is 15.2 Å². The third-order valence-corrected chi connectivity index (χ3v) is 3.85. The average Bonchev–Trinajstić information content (AvgIpc) is 3.08. The molecule has 0 saturated carbocycles. The van der Waals surface area contributed by atoms with Crippen LogP contribution in [-0.2, 0) is 20.8 Å². The van der Waals surface area contributed by atoms with Crippen LogP contribution in [0.3, 0.4) is 0 Å². The quantitative estimate of drug-likeness (QED) is 0.885. The van der Waals surface area contributed by atoms with Gasteiger partial charge in [-0.15, -0.1) is 0 Å². The van der Waals surface area contributed by atoms with E-state index in [4.69, 9.17) is 9.47 Å². The maximum Gasteiger partial charge on any atom is 0.249 e. The Morgan fingerprint density at radius 1 is 1.38 bits per heavy atom. The summed E-state index contributed by atoms with van der Waals surface area (Å²) in [5, 5.41) is 2.96. The smallest absolute Gasteiger partial charge is 0.249 e. The van der Waals surface area contributed by atoms with Crippen LogP contribution in [0.2, 0.25) is 0 Å². The van der Waals surface area contributed by atoms with Crippen molar-refractivity contribution < 1.29 is 14.3 Å². The molecule has 1 aromatic rings. The van der Waals surface area contributed by atoms with Gasteiger partial charge in [0.2, 0.25) is 5.91 Å². The van der Waals surface area contributed by atoms with Gasteiger partial charge in [0.25, 0.3) is 0 Å². The van der Waals surface area contributed by atoms with Gasteiger partial charge in [0.15, 0.2) is 0 Å². The van der Waals surface area contributed by atoms with E-state index in [1.54, 1.807) is 6.20 Å². The molecule has 0 radical (unpaired) electrons. The number of hydrogen-bond donors (Lipinski definition) is 1. The zero-order valence-corrected chi connectivity index (χ0v) is 12.1. The Hall–Kier alpha value is -1.66. The maximum absolute atomic E-state index is 12.0. The van der Waals surface area contributed by atoms with Crippen molar-refractivity contribution in [3.8, 4) is 0 Å². The van der Waals surface area contributed by atoms with Gasteiger partial charge >= 0.3 is 0 Å². The molecule has 6 heteroatoms. The van der Waals surface area contributed by atoms with E-state index >= 15 is 0 Å². The van der Waals surface area contributed by atoms with Gasteiger partial charge in [-0.25, -0.2) is 4.98 Å². The van der Waals surface area contributed by atoms with Crippen molar-refractivity contribution in [1.29, 1.82) is 0 Å². The number of carbonyl (C=O) groups excluding carboxylic acids is 1. The molecule has 1 aromatic heterocycles. The largest absolute Gasteiger partial charge is 0.378 e. The Kier molecular flexibility index (Phi) is 4.67. The number of ether oxygens (including phenoxy) is 2. The lowest BCUT2D eigenvalue weighted by molar-refractivity contribution is -0.130. The minimum atomic E-state index is -0.284. The Balaban J connectivity index is 1.63. The first-order valence-corrected chi connectivity index (χ1v) is 7.50. The van der Waals surface area contributed by atoms with Gasteiger partial charge in [-0.2, -0.15) is 0 Å². The maximum atomic E-state index is 12.0. The fourth-order valence-electron chi connectivity index (χ4n) is 2.71. The van der Waals surface area contributed by atoms with Gasteiger partial charge in [-0.05, 0) is 18.9 Å². The highest BCUT2D eigenvalue weighted by Gasteiger charge is 2.23. The molecule has 0 bridgehead atoms. The number of rotatable bonds is 4. The van der Waals surface area contributed by atoms with E-state index in [0.29, 0.717) is 13.2 Å². The molecule has 0 aliphatic carbocycles. The lowest BCUT2D eigenvalue weighted by Gasteiger charge is -2.29. The van der Waals surface area contributed by atoms with Crippen molar-refractivity contribution in [3.63, 3.8) is 0 Å². The minimum absolute atomic E-state index is 0.0238. The van der Waals surface area contributed by atoms with Crippen molar-refractivity contribution in [2.45, 2.75) is 25.5 Å². The van der Waals surface area contributed by atoms with Gasteiger partial charge < -0.3 is 19.7 Å². The first-order chi connectivity index (χ1) is 10.3. The van der Waals surface area contributed by atoms with Crippen LogP contribution in [0.4, 0.5) is 5.82 Å². The van der Waals surface area contributed by atoms with Crippen molar-refractivity contribution in [3.05, 3.63) is 23.9 Å². The SMILES string of the molecule is O=C(NCc1cccnc1N1CCOCC1)[C@H]1CCCO1. The molecule has 2 aliphatic rings. The first kappa shape index (κ1) is 14.3. The number of hydrogen-bond acceptors (Lipinski definition) is 5. The van der Waals surface area contributed by atoms with Gasteiger partial charge in [0, 0.05) is 38.0 Å². The van der Waals surface area contributed by atoms with Crippen LogP contribution in [-0.4, -0.2) is 49.9 Å². The summed E-state index contributed by atoms with van der Waals surface area (Å²) in [6, 6.07) is 3.91. The number of pyridine rings is 1. The van der Waals surface area contributed by atoms with E-state index in [-0.39, 0.29) is 12.0 Å². The Bertz CT molecular complexity index is 483. The zero-order chi connectivity index (χ0) is 14.5. The molecular formula is C15H21N3O3. The van der Waals surface area contributed by atoms with Crippen LogP contribution in [0.5, 0.6) is 0 Å². The van der Waals surface area contributed by atoms with Crippen molar-refractivity contribution in [2.75, 3.05) is 37.8 Å². The first-order valence-electron chi connectivity index (χ1n) is 7.50. The summed E-state index contributed by atoms with van der Waals surface area (Å²) in [6.45, 7) is 4.28. The van der Waals surface area contributed by atoms with E-state index in [1.807, 2.05) is 12.1 Å². The molecule has 1 atom stereocenters. The Labute approximate surface area is 124 Å². The summed E-state index contributed by atoms with van der Waals surface area (Å²) in [6.07, 6.45) is 3.28. The molecule has 0 aromatic carbocycles. The van der Waals surface area contributed by atoms with Crippen molar-refractivity contribution >= 4 is 11.7 Å². The van der Waals surface area contributed by atoms with Crippen LogP contribution in [0.25, 0.3) is 0 Å². The number of anilines is 1. The van der Waals surface area contributed by atoms with Crippen LogP contribution >= 0.6 is 0 Å². The lowest BCUT2D eigenvalue weighted by atomic mass is 10.2.